The number of hydrogen-bond acceptors (Lipinski definition) is 5. The van der Waals surface area contributed by atoms with E-state index in [4.69, 9.17) is 5.11 Å². The summed E-state index contributed by atoms with van der Waals surface area (Å²) >= 11 is 0. The molecule has 0 aliphatic carbocycles. The highest BCUT2D eigenvalue weighted by molar-refractivity contribution is 7.90. The molecule has 0 saturated heterocycles. The third kappa shape index (κ3) is 2.70. The average Bonchev–Trinajstić information content (AvgIpc) is 2.14. The lowest BCUT2D eigenvalue weighted by Crippen LogP contribution is -2.26. The van der Waals surface area contributed by atoms with Crippen molar-refractivity contribution in [3.8, 4) is 0 Å². The van der Waals surface area contributed by atoms with Crippen LogP contribution < -0.4 is 5.56 Å². The van der Waals surface area contributed by atoms with E-state index in [2.05, 4.69) is 9.97 Å². The summed E-state index contributed by atoms with van der Waals surface area (Å²) in [7, 11) is -3.87. The van der Waals surface area contributed by atoms with E-state index in [-0.39, 0.29) is 11.7 Å². The lowest BCUT2D eigenvalue weighted by atomic mass is 10.2. The number of aromatic nitrogens is 2. The van der Waals surface area contributed by atoms with Gasteiger partial charge in [-0.05, 0) is 0 Å². The van der Waals surface area contributed by atoms with Gasteiger partial charge in [0.05, 0.1) is 0 Å². The zero-order valence-corrected chi connectivity index (χ0v) is 10.3. The first-order valence-electron chi connectivity index (χ1n) is 4.72. The van der Waals surface area contributed by atoms with Crippen molar-refractivity contribution in [1.29, 1.82) is 0 Å². The Hall–Kier alpha value is -1.70. The van der Waals surface area contributed by atoms with Gasteiger partial charge in [0.25, 0.3) is 5.56 Å². The van der Waals surface area contributed by atoms with E-state index >= 15 is 0 Å². The van der Waals surface area contributed by atoms with Crippen molar-refractivity contribution in [3.05, 3.63) is 21.7 Å². The van der Waals surface area contributed by atoms with Crippen LogP contribution in [0.5, 0.6) is 0 Å². The van der Waals surface area contributed by atoms with Crippen molar-refractivity contribution in [2.24, 2.45) is 0 Å². The van der Waals surface area contributed by atoms with Crippen LogP contribution in [-0.4, -0.2) is 35.7 Å². The molecule has 7 nitrogen and oxygen atoms in total. The van der Waals surface area contributed by atoms with E-state index < -0.39 is 32.0 Å². The number of nitrogens with one attached hydrogen (secondary N) is 1. The maximum Gasteiger partial charge on any atom is 0.344 e. The number of rotatable bonds is 3. The molecule has 0 fully saturated rings. The summed E-state index contributed by atoms with van der Waals surface area (Å²) in [6.07, 6.45) is 0.811. The molecule has 94 valence electrons. The van der Waals surface area contributed by atoms with Gasteiger partial charge in [0.15, 0.2) is 20.4 Å². The molecule has 0 spiro atoms. The Balaban J connectivity index is 3.76. The van der Waals surface area contributed by atoms with Crippen molar-refractivity contribution in [2.75, 3.05) is 6.26 Å². The van der Waals surface area contributed by atoms with Gasteiger partial charge in [0, 0.05) is 12.2 Å². The third-order valence-electron chi connectivity index (χ3n) is 2.02. The normalized spacial score (nSPS) is 11.8. The second kappa shape index (κ2) is 4.28. The first-order chi connectivity index (χ1) is 7.64. The number of hydrogen-bond donors (Lipinski definition) is 2. The van der Waals surface area contributed by atoms with E-state index in [0.717, 1.165) is 6.26 Å². The predicted molar refractivity (Wildman–Crippen MR) is 59.0 cm³/mol. The van der Waals surface area contributed by atoms with E-state index in [0.29, 0.717) is 0 Å². The molecule has 1 heterocycles. The Morgan fingerprint density at radius 2 is 1.94 bits per heavy atom. The molecule has 1 rings (SSSR count). The molecule has 0 aromatic carbocycles. The maximum absolute atomic E-state index is 11.5. The number of aromatic carboxylic acids is 1. The van der Waals surface area contributed by atoms with Crippen LogP contribution >= 0.6 is 0 Å². The number of carboxylic acids is 1. The Kier molecular flexibility index (Phi) is 3.37. The van der Waals surface area contributed by atoms with Gasteiger partial charge in [-0.3, -0.25) is 4.79 Å². The molecule has 8 heteroatoms. The molecule has 1 aromatic heterocycles. The smallest absolute Gasteiger partial charge is 0.344 e. The Morgan fingerprint density at radius 1 is 1.41 bits per heavy atom. The number of H-pyrrole nitrogens is 1. The van der Waals surface area contributed by atoms with Crippen LogP contribution in [0.15, 0.2) is 9.82 Å². The summed E-state index contributed by atoms with van der Waals surface area (Å²) in [5, 5.41) is 8.12. The lowest BCUT2D eigenvalue weighted by molar-refractivity contribution is 0.0689. The fourth-order valence-electron chi connectivity index (χ4n) is 1.20. The highest BCUT2D eigenvalue weighted by Gasteiger charge is 2.25. The second-order valence-corrected chi connectivity index (χ2v) is 5.79. The van der Waals surface area contributed by atoms with Crippen molar-refractivity contribution in [1.82, 2.24) is 9.97 Å². The fraction of sp³-hybridized carbons (Fsp3) is 0.444. The van der Waals surface area contributed by atoms with E-state index in [9.17, 15) is 18.0 Å². The molecule has 0 unspecified atom stereocenters. The number of nitrogens with zero attached hydrogens (tertiary/aromatic N) is 1. The van der Waals surface area contributed by atoms with Crippen molar-refractivity contribution < 1.29 is 18.3 Å². The Morgan fingerprint density at radius 3 is 2.29 bits per heavy atom. The molecular weight excluding hydrogens is 248 g/mol. The zero-order chi connectivity index (χ0) is 13.4. The standard InChI is InChI=1S/C9H12N2O5S/c1-4(2)6-10-7(12)5(9(13)14)8(11-6)17(3,15)16/h4H,1-3H3,(H,13,14)(H,10,11,12). The van der Waals surface area contributed by atoms with Crippen LogP contribution in [0.4, 0.5) is 0 Å². The van der Waals surface area contributed by atoms with Gasteiger partial charge < -0.3 is 10.1 Å². The quantitative estimate of drug-likeness (QED) is 0.738. The van der Waals surface area contributed by atoms with Gasteiger partial charge in [-0.25, -0.2) is 18.2 Å². The minimum atomic E-state index is -3.87. The van der Waals surface area contributed by atoms with Gasteiger partial charge in [-0.1, -0.05) is 13.8 Å². The highest BCUT2D eigenvalue weighted by atomic mass is 32.2. The largest absolute Gasteiger partial charge is 0.477 e. The molecular formula is C9H12N2O5S. The predicted octanol–water partition coefficient (Wildman–Crippen LogP) is -0.00500. The molecule has 0 aliphatic heterocycles. The molecule has 1 aromatic rings. The maximum atomic E-state index is 11.5. The van der Waals surface area contributed by atoms with E-state index in [1.54, 1.807) is 13.8 Å². The summed E-state index contributed by atoms with van der Waals surface area (Å²) in [6, 6.07) is 0. The van der Waals surface area contributed by atoms with Crippen molar-refractivity contribution >= 4 is 15.8 Å². The topological polar surface area (TPSA) is 117 Å². The summed E-state index contributed by atoms with van der Waals surface area (Å²) in [6.45, 7) is 3.40. The second-order valence-electron chi connectivity index (χ2n) is 3.86. The van der Waals surface area contributed by atoms with Crippen LogP contribution in [0.1, 0.15) is 35.9 Å². The number of sulfone groups is 1. The van der Waals surface area contributed by atoms with Crippen LogP contribution in [0.25, 0.3) is 0 Å². The Labute approximate surface area is 97.4 Å². The third-order valence-corrected chi connectivity index (χ3v) is 3.01. The molecule has 2 N–H and O–H groups in total. The van der Waals surface area contributed by atoms with Gasteiger partial charge in [-0.15, -0.1) is 0 Å². The highest BCUT2D eigenvalue weighted by Crippen LogP contribution is 2.13. The van der Waals surface area contributed by atoms with Crippen LogP contribution in [0.2, 0.25) is 0 Å². The monoisotopic (exact) mass is 260 g/mol. The first-order valence-corrected chi connectivity index (χ1v) is 6.61. The molecule has 0 atom stereocenters. The molecule has 0 saturated carbocycles. The van der Waals surface area contributed by atoms with Gasteiger partial charge >= 0.3 is 5.97 Å². The average molecular weight is 260 g/mol. The molecule has 0 radical (unpaired) electrons. The molecule has 0 amide bonds. The van der Waals surface area contributed by atoms with Gasteiger partial charge in [0.2, 0.25) is 0 Å². The lowest BCUT2D eigenvalue weighted by Gasteiger charge is -2.08. The van der Waals surface area contributed by atoms with Gasteiger partial charge in [-0.2, -0.15) is 0 Å². The minimum absolute atomic E-state index is 0.139. The zero-order valence-electron chi connectivity index (χ0n) is 9.51. The summed E-state index contributed by atoms with van der Waals surface area (Å²) in [4.78, 5) is 28.3. The first kappa shape index (κ1) is 13.4. The summed E-state index contributed by atoms with van der Waals surface area (Å²) in [5.74, 6) is -1.69. The van der Waals surface area contributed by atoms with Gasteiger partial charge in [0.1, 0.15) is 5.82 Å². The van der Waals surface area contributed by atoms with E-state index in [1.165, 1.54) is 0 Å². The van der Waals surface area contributed by atoms with Crippen LogP contribution in [0, 0.1) is 0 Å². The number of aromatic amines is 1. The van der Waals surface area contributed by atoms with Crippen LogP contribution in [0.3, 0.4) is 0 Å². The fourth-order valence-corrected chi connectivity index (χ4v) is 2.01. The summed E-state index contributed by atoms with van der Waals surface area (Å²) < 4.78 is 22.8. The van der Waals surface area contributed by atoms with Crippen LogP contribution in [-0.2, 0) is 9.84 Å². The molecule has 0 aliphatic rings. The molecule has 17 heavy (non-hydrogen) atoms. The summed E-state index contributed by atoms with van der Waals surface area (Å²) in [5.41, 5.74) is -1.81. The van der Waals surface area contributed by atoms with Crippen molar-refractivity contribution in [2.45, 2.75) is 24.8 Å². The number of carboxylic acid groups (broad SMARTS) is 1. The Bertz CT molecular complexity index is 615. The number of carbonyl (C=O) groups is 1. The van der Waals surface area contributed by atoms with Crippen molar-refractivity contribution in [3.63, 3.8) is 0 Å². The van der Waals surface area contributed by atoms with E-state index in [1.807, 2.05) is 0 Å². The molecule has 0 bridgehead atoms. The minimum Gasteiger partial charge on any atom is -0.477 e. The SMILES string of the molecule is CC(C)c1nc(S(C)(=O)=O)c(C(=O)O)c(=O)[nH]1.